The summed E-state index contributed by atoms with van der Waals surface area (Å²) in [6, 6.07) is 6.79. The van der Waals surface area contributed by atoms with Crippen molar-refractivity contribution in [2.75, 3.05) is 14.2 Å². The van der Waals surface area contributed by atoms with Gasteiger partial charge in [0, 0.05) is 11.5 Å². The zero-order valence-electron chi connectivity index (χ0n) is 9.77. The van der Waals surface area contributed by atoms with Crippen LogP contribution in [-0.4, -0.2) is 25.4 Å². The van der Waals surface area contributed by atoms with E-state index in [0.29, 0.717) is 21.7 Å². The smallest absolute Gasteiger partial charge is 0.494 e. The Kier molecular flexibility index (Phi) is 3.53. The Balaban J connectivity index is 2.55. The van der Waals surface area contributed by atoms with E-state index < -0.39 is 6.16 Å². The van der Waals surface area contributed by atoms with E-state index in [0.717, 1.165) is 0 Å². The second-order valence-corrected chi connectivity index (χ2v) is 3.76. The number of rotatable bonds is 2. The third-order valence-electron chi connectivity index (χ3n) is 2.30. The molecule has 0 spiro atoms. The fraction of sp³-hybridized carbons (Fsp3) is 0.167. The minimum absolute atomic E-state index is 0.0591. The normalized spacial score (nSPS) is 10.2. The topological polar surface area (TPSA) is 57.7 Å². The molecule has 0 aliphatic rings. The van der Waals surface area contributed by atoms with E-state index in [1.807, 2.05) is 0 Å². The van der Waals surface area contributed by atoms with Crippen LogP contribution < -0.4 is 9.47 Å². The van der Waals surface area contributed by atoms with Gasteiger partial charge in [-0.2, -0.15) is 0 Å². The minimum Gasteiger partial charge on any atom is -0.494 e. The van der Waals surface area contributed by atoms with Crippen LogP contribution in [0.25, 0.3) is 10.9 Å². The number of aromatic nitrogens is 1. The molecule has 2 rings (SSSR count). The van der Waals surface area contributed by atoms with Crippen molar-refractivity contribution in [1.82, 2.24) is 4.98 Å². The molecule has 0 saturated heterocycles. The summed E-state index contributed by atoms with van der Waals surface area (Å²) in [6.07, 6.45) is -0.854. The largest absolute Gasteiger partial charge is 0.514 e. The monoisotopic (exact) mass is 267 g/mol. The molecule has 0 bridgehead atoms. The molecule has 0 radical (unpaired) electrons. The van der Waals surface area contributed by atoms with E-state index in [9.17, 15) is 4.79 Å². The van der Waals surface area contributed by atoms with Crippen molar-refractivity contribution >= 4 is 28.7 Å². The molecule has 2 aromatic rings. The summed E-state index contributed by atoms with van der Waals surface area (Å²) in [5.41, 5.74) is 0.520. The van der Waals surface area contributed by atoms with Gasteiger partial charge in [0.1, 0.15) is 11.3 Å². The number of ether oxygens (including phenoxy) is 3. The van der Waals surface area contributed by atoms with Crippen LogP contribution >= 0.6 is 11.6 Å². The summed E-state index contributed by atoms with van der Waals surface area (Å²) in [5.74, 6) is 0.605. The van der Waals surface area contributed by atoms with E-state index in [1.165, 1.54) is 20.3 Å². The summed E-state index contributed by atoms with van der Waals surface area (Å²) in [6.45, 7) is 0. The molecular weight excluding hydrogens is 258 g/mol. The number of benzene rings is 1. The van der Waals surface area contributed by atoms with Crippen LogP contribution in [0.15, 0.2) is 24.3 Å². The third-order valence-corrected chi connectivity index (χ3v) is 2.62. The molecule has 0 unspecified atom stereocenters. The van der Waals surface area contributed by atoms with Crippen LogP contribution in [0, 0.1) is 0 Å². The molecular formula is C12H10ClNO4. The van der Waals surface area contributed by atoms with E-state index in [1.54, 1.807) is 18.2 Å². The second kappa shape index (κ2) is 5.10. The lowest BCUT2D eigenvalue weighted by atomic mass is 10.2. The van der Waals surface area contributed by atoms with Crippen LogP contribution in [0.2, 0.25) is 5.02 Å². The number of fused-ring (bicyclic) bond motifs is 1. The molecule has 18 heavy (non-hydrogen) atoms. The van der Waals surface area contributed by atoms with Crippen LogP contribution in [0.5, 0.6) is 11.6 Å². The number of hydrogen-bond acceptors (Lipinski definition) is 5. The highest BCUT2D eigenvalue weighted by Crippen LogP contribution is 2.31. The van der Waals surface area contributed by atoms with Crippen molar-refractivity contribution in [3.05, 3.63) is 29.3 Å². The molecule has 1 aromatic carbocycles. The van der Waals surface area contributed by atoms with Crippen molar-refractivity contribution in [3.8, 4) is 11.6 Å². The number of carbonyl (C=O) groups excluding carboxylic acids is 1. The molecule has 0 aliphatic carbocycles. The van der Waals surface area contributed by atoms with Crippen molar-refractivity contribution in [3.63, 3.8) is 0 Å². The third kappa shape index (κ3) is 2.31. The number of halogens is 1. The highest BCUT2D eigenvalue weighted by Gasteiger charge is 2.12. The molecule has 1 heterocycles. The Hall–Kier alpha value is -2.01. The molecule has 6 heteroatoms. The average molecular weight is 268 g/mol. The van der Waals surface area contributed by atoms with E-state index >= 15 is 0 Å². The van der Waals surface area contributed by atoms with Crippen LogP contribution in [0.3, 0.4) is 0 Å². The number of carbonyl (C=O) groups is 1. The van der Waals surface area contributed by atoms with Crippen LogP contribution in [-0.2, 0) is 4.74 Å². The molecule has 0 N–H and O–H groups in total. The average Bonchev–Trinajstić information content (AvgIpc) is 2.38. The first-order valence-corrected chi connectivity index (χ1v) is 5.42. The maximum atomic E-state index is 11.0. The molecule has 0 saturated carbocycles. The van der Waals surface area contributed by atoms with Gasteiger partial charge in [-0.15, -0.1) is 0 Å². The highest BCUT2D eigenvalue weighted by molar-refractivity contribution is 6.35. The number of pyridine rings is 1. The summed E-state index contributed by atoms with van der Waals surface area (Å²) in [5, 5.41) is 1.13. The lowest BCUT2D eigenvalue weighted by Crippen LogP contribution is -2.08. The van der Waals surface area contributed by atoms with Crippen LogP contribution in [0.4, 0.5) is 4.79 Å². The summed E-state index contributed by atoms with van der Waals surface area (Å²) >= 11 is 6.09. The van der Waals surface area contributed by atoms with Gasteiger partial charge in [-0.05, 0) is 6.07 Å². The predicted octanol–water partition coefficient (Wildman–Crippen LogP) is 3.04. The first-order valence-electron chi connectivity index (χ1n) is 5.04. The van der Waals surface area contributed by atoms with Gasteiger partial charge in [-0.25, -0.2) is 9.78 Å². The standard InChI is InChI=1S/C12H10ClNO4/c1-16-9-5-3-4-7-8(13)6-10(14-11(7)9)18-12(15)17-2/h3-6H,1-2H3. The number of hydrogen-bond donors (Lipinski definition) is 0. The van der Waals surface area contributed by atoms with Gasteiger partial charge in [0.2, 0.25) is 5.88 Å². The maximum absolute atomic E-state index is 11.0. The zero-order valence-corrected chi connectivity index (χ0v) is 10.5. The summed E-state index contributed by atoms with van der Waals surface area (Å²) < 4.78 is 14.4. The molecule has 0 amide bonds. The van der Waals surface area contributed by atoms with Crippen LogP contribution in [0.1, 0.15) is 0 Å². The zero-order chi connectivity index (χ0) is 13.1. The Labute approximate surface area is 108 Å². The summed E-state index contributed by atoms with van der Waals surface area (Å²) in [7, 11) is 2.74. The minimum atomic E-state index is -0.854. The Morgan fingerprint density at radius 3 is 2.78 bits per heavy atom. The van der Waals surface area contributed by atoms with Gasteiger partial charge in [-0.3, -0.25) is 0 Å². The second-order valence-electron chi connectivity index (χ2n) is 3.35. The van der Waals surface area contributed by atoms with E-state index in [-0.39, 0.29) is 5.88 Å². The Bertz CT molecular complexity index is 600. The first-order chi connectivity index (χ1) is 8.65. The number of methoxy groups -OCH3 is 2. The van der Waals surface area contributed by atoms with Gasteiger partial charge in [0.25, 0.3) is 0 Å². The van der Waals surface area contributed by atoms with Crippen molar-refractivity contribution in [2.24, 2.45) is 0 Å². The molecule has 94 valence electrons. The number of para-hydroxylation sites is 1. The fourth-order valence-corrected chi connectivity index (χ4v) is 1.75. The maximum Gasteiger partial charge on any atom is 0.514 e. The molecule has 0 aliphatic heterocycles. The SMILES string of the molecule is COC(=O)Oc1cc(Cl)c2cccc(OC)c2n1. The van der Waals surface area contributed by atoms with Crippen molar-refractivity contribution in [1.29, 1.82) is 0 Å². The highest BCUT2D eigenvalue weighted by atomic mass is 35.5. The van der Waals surface area contributed by atoms with E-state index in [2.05, 4.69) is 9.72 Å². The number of nitrogens with zero attached hydrogens (tertiary/aromatic N) is 1. The van der Waals surface area contributed by atoms with Crippen molar-refractivity contribution < 1.29 is 19.0 Å². The Morgan fingerprint density at radius 2 is 2.11 bits per heavy atom. The fourth-order valence-electron chi connectivity index (χ4n) is 1.50. The lowest BCUT2D eigenvalue weighted by molar-refractivity contribution is 0.120. The Morgan fingerprint density at radius 1 is 1.33 bits per heavy atom. The van der Waals surface area contributed by atoms with E-state index in [4.69, 9.17) is 21.1 Å². The molecule has 1 aromatic heterocycles. The summed E-state index contributed by atoms with van der Waals surface area (Å²) in [4.78, 5) is 15.2. The van der Waals surface area contributed by atoms with Gasteiger partial charge >= 0.3 is 6.16 Å². The predicted molar refractivity (Wildman–Crippen MR) is 66.3 cm³/mol. The first kappa shape index (κ1) is 12.4. The molecule has 5 nitrogen and oxygen atoms in total. The lowest BCUT2D eigenvalue weighted by Gasteiger charge is -2.08. The van der Waals surface area contributed by atoms with Gasteiger partial charge in [-0.1, -0.05) is 23.7 Å². The van der Waals surface area contributed by atoms with Crippen molar-refractivity contribution in [2.45, 2.75) is 0 Å². The quantitative estimate of drug-likeness (QED) is 0.783. The van der Waals surface area contributed by atoms with Gasteiger partial charge in [0.15, 0.2) is 0 Å². The molecule has 0 fully saturated rings. The molecule has 0 atom stereocenters. The van der Waals surface area contributed by atoms with Gasteiger partial charge < -0.3 is 14.2 Å². The van der Waals surface area contributed by atoms with Gasteiger partial charge in [0.05, 0.1) is 19.2 Å².